The van der Waals surface area contributed by atoms with Crippen molar-refractivity contribution in [2.24, 2.45) is 5.14 Å². The molecule has 4 rings (SSSR count). The van der Waals surface area contributed by atoms with Crippen molar-refractivity contribution in [3.05, 3.63) is 101 Å². The van der Waals surface area contributed by atoms with Crippen molar-refractivity contribution in [2.75, 3.05) is 7.05 Å². The molecule has 0 unspecified atom stereocenters. The highest BCUT2D eigenvalue weighted by Gasteiger charge is 2.19. The first-order chi connectivity index (χ1) is 16.2. The van der Waals surface area contributed by atoms with Gasteiger partial charge in [-0.25, -0.2) is 27.6 Å². The predicted molar refractivity (Wildman–Crippen MR) is 126 cm³/mol. The van der Waals surface area contributed by atoms with Crippen LogP contribution in [0.4, 0.5) is 4.39 Å². The van der Waals surface area contributed by atoms with E-state index in [4.69, 9.17) is 5.14 Å². The van der Waals surface area contributed by atoms with Crippen LogP contribution in [0.3, 0.4) is 0 Å². The minimum absolute atomic E-state index is 0.0973. The summed E-state index contributed by atoms with van der Waals surface area (Å²) in [4.78, 5) is 10.9. The van der Waals surface area contributed by atoms with E-state index in [0.717, 1.165) is 23.0 Å². The minimum atomic E-state index is -4.02. The standard InChI is InChI=1S/C24H25FN6O2S/c1-17-7-6-10-19(27-17)15-30(2)16-23-28-24(13-18-8-4-3-5-9-18)31(29-23)22-12-11-20(14-21(22)25)34(26,32)33/h3-12,14H,13,15-16H2,1-2H3,(H2,26,32,33). The van der Waals surface area contributed by atoms with Gasteiger partial charge in [-0.1, -0.05) is 36.4 Å². The zero-order valence-corrected chi connectivity index (χ0v) is 19.7. The highest BCUT2D eigenvalue weighted by molar-refractivity contribution is 7.89. The smallest absolute Gasteiger partial charge is 0.238 e. The lowest BCUT2D eigenvalue weighted by atomic mass is 10.1. The fraction of sp³-hybridized carbons (Fsp3) is 0.208. The van der Waals surface area contributed by atoms with Crippen molar-refractivity contribution >= 4 is 10.0 Å². The maximum Gasteiger partial charge on any atom is 0.238 e. The number of halogens is 1. The third-order valence-corrected chi connectivity index (χ3v) is 6.10. The number of sulfonamides is 1. The lowest BCUT2D eigenvalue weighted by molar-refractivity contribution is 0.306. The van der Waals surface area contributed by atoms with Gasteiger partial charge in [-0.15, -0.1) is 5.10 Å². The van der Waals surface area contributed by atoms with Gasteiger partial charge in [0.2, 0.25) is 10.0 Å². The molecule has 0 atom stereocenters. The lowest BCUT2D eigenvalue weighted by Gasteiger charge is -2.14. The fourth-order valence-electron chi connectivity index (χ4n) is 3.64. The maximum absolute atomic E-state index is 15.0. The summed E-state index contributed by atoms with van der Waals surface area (Å²) in [6.07, 6.45) is 0.424. The summed E-state index contributed by atoms with van der Waals surface area (Å²) in [5.41, 5.74) is 2.95. The van der Waals surface area contributed by atoms with E-state index in [-0.39, 0.29) is 10.6 Å². The fourth-order valence-corrected chi connectivity index (χ4v) is 4.17. The monoisotopic (exact) mass is 480 g/mol. The highest BCUT2D eigenvalue weighted by Crippen LogP contribution is 2.20. The SMILES string of the molecule is Cc1cccc(CN(C)Cc2nc(Cc3ccccc3)n(-c3ccc(S(N)(=O)=O)cc3F)n2)n1. The topological polar surface area (TPSA) is 107 Å². The Morgan fingerprint density at radius 3 is 2.44 bits per heavy atom. The summed E-state index contributed by atoms with van der Waals surface area (Å²) in [5, 5.41) is 9.69. The molecule has 2 aromatic carbocycles. The zero-order valence-electron chi connectivity index (χ0n) is 18.9. The lowest BCUT2D eigenvalue weighted by Crippen LogP contribution is -2.19. The van der Waals surface area contributed by atoms with Crippen LogP contribution in [0.1, 0.15) is 28.6 Å². The van der Waals surface area contributed by atoms with E-state index in [9.17, 15) is 12.8 Å². The molecule has 2 heterocycles. The van der Waals surface area contributed by atoms with E-state index in [1.54, 1.807) is 0 Å². The second-order valence-corrected chi connectivity index (χ2v) is 9.68. The summed E-state index contributed by atoms with van der Waals surface area (Å²) in [5.74, 6) is 0.288. The van der Waals surface area contributed by atoms with Crippen molar-refractivity contribution in [1.82, 2.24) is 24.6 Å². The number of benzene rings is 2. The maximum atomic E-state index is 15.0. The quantitative estimate of drug-likeness (QED) is 0.416. The Morgan fingerprint density at radius 1 is 1.00 bits per heavy atom. The highest BCUT2D eigenvalue weighted by atomic mass is 32.2. The molecule has 0 aliphatic rings. The van der Waals surface area contributed by atoms with Crippen molar-refractivity contribution in [1.29, 1.82) is 0 Å². The number of aromatic nitrogens is 4. The summed E-state index contributed by atoms with van der Waals surface area (Å²) in [6, 6.07) is 19.0. The number of nitrogens with zero attached hydrogens (tertiary/aromatic N) is 5. The molecule has 2 aromatic heterocycles. The molecule has 0 amide bonds. The van der Waals surface area contributed by atoms with Crippen LogP contribution >= 0.6 is 0 Å². The Labute approximate surface area is 197 Å². The van der Waals surface area contributed by atoms with Crippen LogP contribution in [-0.4, -0.2) is 40.1 Å². The molecular formula is C24H25FN6O2S. The van der Waals surface area contributed by atoms with Crippen molar-refractivity contribution in [3.8, 4) is 5.69 Å². The first-order valence-corrected chi connectivity index (χ1v) is 12.2. The van der Waals surface area contributed by atoms with Crippen LogP contribution in [-0.2, 0) is 29.5 Å². The van der Waals surface area contributed by atoms with Gasteiger partial charge in [-0.2, -0.15) is 0 Å². The summed E-state index contributed by atoms with van der Waals surface area (Å²) < 4.78 is 39.6. The van der Waals surface area contributed by atoms with Gasteiger partial charge in [0.05, 0.1) is 17.1 Å². The predicted octanol–water partition coefficient (Wildman–Crippen LogP) is 2.98. The normalized spacial score (nSPS) is 11.8. The Balaban J connectivity index is 1.66. The molecule has 4 aromatic rings. The van der Waals surface area contributed by atoms with Gasteiger partial charge in [0.25, 0.3) is 0 Å². The van der Waals surface area contributed by atoms with E-state index in [1.807, 2.05) is 67.4 Å². The van der Waals surface area contributed by atoms with E-state index in [2.05, 4.69) is 15.1 Å². The molecule has 8 nitrogen and oxygen atoms in total. The summed E-state index contributed by atoms with van der Waals surface area (Å²) in [7, 11) is -2.09. The van der Waals surface area contributed by atoms with Crippen LogP contribution < -0.4 is 5.14 Å². The number of primary sulfonamides is 1. The number of nitrogens with two attached hydrogens (primary N) is 1. The van der Waals surface area contributed by atoms with Gasteiger partial charge in [0.15, 0.2) is 5.82 Å². The third-order valence-electron chi connectivity index (χ3n) is 5.19. The van der Waals surface area contributed by atoms with Gasteiger partial charge in [0, 0.05) is 18.7 Å². The van der Waals surface area contributed by atoms with E-state index >= 15 is 0 Å². The van der Waals surface area contributed by atoms with Crippen LogP contribution in [0, 0.1) is 12.7 Å². The second kappa shape index (κ2) is 9.80. The van der Waals surface area contributed by atoms with E-state index < -0.39 is 15.8 Å². The van der Waals surface area contributed by atoms with E-state index in [1.165, 1.54) is 16.8 Å². The van der Waals surface area contributed by atoms with Crippen molar-refractivity contribution in [2.45, 2.75) is 31.3 Å². The van der Waals surface area contributed by atoms with Crippen molar-refractivity contribution < 1.29 is 12.8 Å². The first-order valence-electron chi connectivity index (χ1n) is 10.6. The first kappa shape index (κ1) is 23.7. The van der Waals surface area contributed by atoms with Gasteiger partial charge in [0.1, 0.15) is 17.3 Å². The molecule has 0 aliphatic heterocycles. The molecule has 0 aliphatic carbocycles. The minimum Gasteiger partial charge on any atom is -0.293 e. The third kappa shape index (κ3) is 5.71. The summed E-state index contributed by atoms with van der Waals surface area (Å²) in [6.45, 7) is 2.96. The molecule has 0 radical (unpaired) electrons. The van der Waals surface area contributed by atoms with Gasteiger partial charge in [-0.3, -0.25) is 9.88 Å². The van der Waals surface area contributed by atoms with Gasteiger partial charge in [-0.05, 0) is 49.9 Å². The number of hydrogen-bond acceptors (Lipinski definition) is 6. The van der Waals surface area contributed by atoms with Crippen molar-refractivity contribution in [3.63, 3.8) is 0 Å². The second-order valence-electron chi connectivity index (χ2n) is 8.12. The number of hydrogen-bond donors (Lipinski definition) is 1. The van der Waals surface area contributed by atoms with Crippen LogP contribution in [0.5, 0.6) is 0 Å². The van der Waals surface area contributed by atoms with Crippen LogP contribution in [0.15, 0.2) is 71.6 Å². The average Bonchev–Trinajstić information content (AvgIpc) is 3.15. The summed E-state index contributed by atoms with van der Waals surface area (Å²) >= 11 is 0. The molecule has 2 N–H and O–H groups in total. The molecule has 10 heteroatoms. The molecule has 176 valence electrons. The Bertz CT molecular complexity index is 1410. The molecule has 0 fully saturated rings. The number of aryl methyl sites for hydroxylation is 1. The van der Waals surface area contributed by atoms with Gasteiger partial charge < -0.3 is 0 Å². The Kier molecular flexibility index (Phi) is 6.82. The Morgan fingerprint density at radius 2 is 1.76 bits per heavy atom. The molecule has 0 bridgehead atoms. The Hall–Kier alpha value is -3.47. The molecule has 0 spiro atoms. The molecule has 0 saturated carbocycles. The largest absolute Gasteiger partial charge is 0.293 e. The zero-order chi connectivity index (χ0) is 24.3. The molecular weight excluding hydrogens is 455 g/mol. The number of rotatable bonds is 8. The number of pyridine rings is 1. The molecule has 0 saturated heterocycles. The molecule has 34 heavy (non-hydrogen) atoms. The van der Waals surface area contributed by atoms with E-state index in [0.29, 0.717) is 31.2 Å². The van der Waals surface area contributed by atoms with Gasteiger partial charge >= 0.3 is 0 Å². The average molecular weight is 481 g/mol. The van der Waals surface area contributed by atoms with Crippen LogP contribution in [0.2, 0.25) is 0 Å². The van der Waals surface area contributed by atoms with Crippen LogP contribution in [0.25, 0.3) is 5.69 Å².